The van der Waals surface area contributed by atoms with E-state index >= 15 is 0 Å². The van der Waals surface area contributed by atoms with E-state index in [-0.39, 0.29) is 23.7 Å². The summed E-state index contributed by atoms with van der Waals surface area (Å²) in [7, 11) is 0. The number of ketones is 1. The van der Waals surface area contributed by atoms with E-state index in [1.54, 1.807) is 36.1 Å². The number of amides is 2. The van der Waals surface area contributed by atoms with E-state index in [9.17, 15) is 14.4 Å². The quantitative estimate of drug-likeness (QED) is 0.629. The molecule has 0 aliphatic carbocycles. The number of likely N-dealkylation sites (tertiary alicyclic amines) is 1. The Morgan fingerprint density at radius 3 is 2.21 bits per heavy atom. The van der Waals surface area contributed by atoms with Crippen LogP contribution in [0.5, 0.6) is 0 Å². The standard InChI is InChI=1S/C22H24N2O4/c1-2-28-21(26)18-8-10-19(11-9-18)23-22(27)24-14-12-17(13-15-24)20(25)16-6-4-3-5-7-16/h3-11,17H,2,12-15H2,1H3,(H,23,27). The van der Waals surface area contributed by atoms with Crippen LogP contribution in [0.15, 0.2) is 54.6 Å². The number of piperidine rings is 1. The second-order valence-corrected chi connectivity index (χ2v) is 6.72. The third-order valence-electron chi connectivity index (χ3n) is 4.86. The van der Waals surface area contributed by atoms with Gasteiger partial charge in [0.15, 0.2) is 5.78 Å². The lowest BCUT2D eigenvalue weighted by molar-refractivity contribution is 0.0526. The average molecular weight is 380 g/mol. The minimum atomic E-state index is -0.384. The van der Waals surface area contributed by atoms with Crippen LogP contribution in [0.3, 0.4) is 0 Å². The number of hydrogen-bond acceptors (Lipinski definition) is 4. The fourth-order valence-corrected chi connectivity index (χ4v) is 3.29. The summed E-state index contributed by atoms with van der Waals surface area (Å²) in [6.07, 6.45) is 1.31. The van der Waals surface area contributed by atoms with Gasteiger partial charge in [-0.2, -0.15) is 0 Å². The molecule has 28 heavy (non-hydrogen) atoms. The van der Waals surface area contributed by atoms with E-state index in [1.807, 2.05) is 30.3 Å². The van der Waals surface area contributed by atoms with Crippen molar-refractivity contribution in [1.82, 2.24) is 4.90 Å². The molecule has 0 atom stereocenters. The molecule has 0 radical (unpaired) electrons. The summed E-state index contributed by atoms with van der Waals surface area (Å²) in [6.45, 7) is 3.15. The van der Waals surface area contributed by atoms with Crippen molar-refractivity contribution >= 4 is 23.5 Å². The monoisotopic (exact) mass is 380 g/mol. The normalized spacial score (nSPS) is 14.4. The minimum Gasteiger partial charge on any atom is -0.462 e. The van der Waals surface area contributed by atoms with E-state index < -0.39 is 0 Å². The zero-order valence-electron chi connectivity index (χ0n) is 15.9. The molecule has 1 fully saturated rings. The Morgan fingerprint density at radius 2 is 1.61 bits per heavy atom. The second-order valence-electron chi connectivity index (χ2n) is 6.72. The van der Waals surface area contributed by atoms with Crippen LogP contribution in [-0.2, 0) is 4.74 Å². The number of carbonyl (C=O) groups excluding carboxylic acids is 3. The van der Waals surface area contributed by atoms with Crippen LogP contribution in [0, 0.1) is 5.92 Å². The molecule has 0 spiro atoms. The van der Waals surface area contributed by atoms with Crippen molar-refractivity contribution in [2.24, 2.45) is 5.92 Å². The molecule has 0 bridgehead atoms. The zero-order chi connectivity index (χ0) is 19.9. The van der Waals surface area contributed by atoms with Gasteiger partial charge in [-0.05, 0) is 44.0 Å². The number of hydrogen-bond donors (Lipinski definition) is 1. The van der Waals surface area contributed by atoms with E-state index in [0.717, 1.165) is 5.56 Å². The lowest BCUT2D eigenvalue weighted by Crippen LogP contribution is -2.42. The van der Waals surface area contributed by atoms with Gasteiger partial charge in [0.2, 0.25) is 0 Å². The first-order valence-electron chi connectivity index (χ1n) is 9.51. The highest BCUT2D eigenvalue weighted by atomic mass is 16.5. The van der Waals surface area contributed by atoms with Crippen molar-refractivity contribution in [3.05, 3.63) is 65.7 Å². The van der Waals surface area contributed by atoms with Crippen LogP contribution in [-0.4, -0.2) is 42.4 Å². The molecule has 1 aliphatic rings. The maximum absolute atomic E-state index is 12.5. The van der Waals surface area contributed by atoms with Gasteiger partial charge >= 0.3 is 12.0 Å². The minimum absolute atomic E-state index is 0.0460. The molecule has 146 valence electrons. The fraction of sp³-hybridized carbons (Fsp3) is 0.318. The number of Topliss-reactive ketones (excluding diaryl/α,β-unsaturated/α-hetero) is 1. The van der Waals surface area contributed by atoms with E-state index in [2.05, 4.69) is 5.32 Å². The Balaban J connectivity index is 1.51. The maximum Gasteiger partial charge on any atom is 0.338 e. The van der Waals surface area contributed by atoms with Crippen molar-refractivity contribution in [2.45, 2.75) is 19.8 Å². The molecule has 1 N–H and O–H groups in total. The number of anilines is 1. The van der Waals surface area contributed by atoms with Crippen molar-refractivity contribution in [3.8, 4) is 0 Å². The van der Waals surface area contributed by atoms with Crippen LogP contribution in [0.2, 0.25) is 0 Å². The van der Waals surface area contributed by atoms with Crippen molar-refractivity contribution in [3.63, 3.8) is 0 Å². The Kier molecular flexibility index (Phi) is 6.42. The molecule has 0 aromatic heterocycles. The molecule has 1 heterocycles. The molecule has 2 amide bonds. The summed E-state index contributed by atoms with van der Waals surface area (Å²) >= 11 is 0. The van der Waals surface area contributed by atoms with E-state index in [0.29, 0.717) is 43.8 Å². The highest BCUT2D eigenvalue weighted by Gasteiger charge is 2.27. The van der Waals surface area contributed by atoms with Crippen molar-refractivity contribution < 1.29 is 19.1 Å². The highest BCUT2D eigenvalue weighted by Crippen LogP contribution is 2.22. The van der Waals surface area contributed by atoms with Crippen LogP contribution >= 0.6 is 0 Å². The first kappa shape index (κ1) is 19.6. The molecule has 0 saturated carbocycles. The largest absolute Gasteiger partial charge is 0.462 e. The number of rotatable bonds is 5. The molecular weight excluding hydrogens is 356 g/mol. The molecule has 3 rings (SSSR count). The number of carbonyl (C=O) groups is 3. The topological polar surface area (TPSA) is 75.7 Å². The van der Waals surface area contributed by atoms with E-state index in [4.69, 9.17) is 4.74 Å². The van der Waals surface area contributed by atoms with Gasteiger partial charge in [0.1, 0.15) is 0 Å². The summed E-state index contributed by atoms with van der Waals surface area (Å²) in [5, 5.41) is 2.84. The Hall–Kier alpha value is -3.15. The molecular formula is C22H24N2O4. The number of nitrogens with zero attached hydrogens (tertiary/aromatic N) is 1. The second kappa shape index (κ2) is 9.17. The lowest BCUT2D eigenvalue weighted by atomic mass is 9.89. The lowest BCUT2D eigenvalue weighted by Gasteiger charge is -2.31. The van der Waals surface area contributed by atoms with Gasteiger partial charge in [0, 0.05) is 30.3 Å². The fourth-order valence-electron chi connectivity index (χ4n) is 3.29. The van der Waals surface area contributed by atoms with Gasteiger partial charge in [0.05, 0.1) is 12.2 Å². The number of nitrogens with one attached hydrogen (secondary N) is 1. The van der Waals surface area contributed by atoms with Crippen LogP contribution in [0.4, 0.5) is 10.5 Å². The van der Waals surface area contributed by atoms with Crippen LogP contribution in [0.1, 0.15) is 40.5 Å². The summed E-state index contributed by atoms with van der Waals surface area (Å²) < 4.78 is 4.94. The zero-order valence-corrected chi connectivity index (χ0v) is 15.9. The number of benzene rings is 2. The number of urea groups is 1. The Bertz CT molecular complexity index is 825. The SMILES string of the molecule is CCOC(=O)c1ccc(NC(=O)N2CCC(C(=O)c3ccccc3)CC2)cc1. The summed E-state index contributed by atoms with van der Waals surface area (Å²) in [5.74, 6) is -0.281. The number of ether oxygens (including phenoxy) is 1. The molecule has 6 heteroatoms. The van der Waals surface area contributed by atoms with Crippen molar-refractivity contribution in [1.29, 1.82) is 0 Å². The summed E-state index contributed by atoms with van der Waals surface area (Å²) in [5.41, 5.74) is 1.78. The van der Waals surface area contributed by atoms with Crippen molar-refractivity contribution in [2.75, 3.05) is 25.0 Å². The van der Waals surface area contributed by atoms with Gasteiger partial charge in [-0.25, -0.2) is 9.59 Å². The van der Waals surface area contributed by atoms with Gasteiger partial charge in [0.25, 0.3) is 0 Å². The van der Waals surface area contributed by atoms with Gasteiger partial charge in [-0.3, -0.25) is 4.79 Å². The Labute approximate surface area is 164 Å². The van der Waals surface area contributed by atoms with Gasteiger partial charge < -0.3 is 15.0 Å². The Morgan fingerprint density at radius 1 is 0.964 bits per heavy atom. The summed E-state index contributed by atoms with van der Waals surface area (Å²) in [6, 6.07) is 15.7. The highest BCUT2D eigenvalue weighted by molar-refractivity contribution is 5.98. The maximum atomic E-state index is 12.5. The predicted octanol–water partition coefficient (Wildman–Crippen LogP) is 3.99. The smallest absolute Gasteiger partial charge is 0.338 e. The summed E-state index contributed by atoms with van der Waals surface area (Å²) in [4.78, 5) is 38.4. The molecule has 2 aromatic rings. The predicted molar refractivity (Wildman–Crippen MR) is 106 cm³/mol. The first-order chi connectivity index (χ1) is 13.6. The molecule has 1 aliphatic heterocycles. The molecule has 1 saturated heterocycles. The number of esters is 1. The molecule has 0 unspecified atom stereocenters. The first-order valence-corrected chi connectivity index (χ1v) is 9.51. The molecule has 6 nitrogen and oxygen atoms in total. The van der Waals surface area contributed by atoms with Crippen LogP contribution in [0.25, 0.3) is 0 Å². The van der Waals surface area contributed by atoms with Gasteiger partial charge in [-0.1, -0.05) is 30.3 Å². The average Bonchev–Trinajstić information content (AvgIpc) is 2.74. The molecule has 2 aromatic carbocycles. The third kappa shape index (κ3) is 4.76. The van der Waals surface area contributed by atoms with E-state index in [1.165, 1.54) is 0 Å². The van der Waals surface area contributed by atoms with Gasteiger partial charge in [-0.15, -0.1) is 0 Å². The van der Waals surface area contributed by atoms with Crippen LogP contribution < -0.4 is 5.32 Å². The third-order valence-corrected chi connectivity index (χ3v) is 4.86.